The molecule has 0 bridgehead atoms. The van der Waals surface area contributed by atoms with Crippen molar-refractivity contribution in [3.63, 3.8) is 0 Å². The molecule has 0 aromatic rings. The molecule has 0 rings (SSSR count). The fourth-order valence-electron chi connectivity index (χ4n) is 0.654. The molecule has 0 fully saturated rings. The zero-order valence-electron chi connectivity index (χ0n) is 6.66. The molecular formula is C6H13N3O3. The van der Waals surface area contributed by atoms with Crippen molar-refractivity contribution in [2.45, 2.75) is 19.1 Å². The summed E-state index contributed by atoms with van der Waals surface area (Å²) >= 11 is 0. The second kappa shape index (κ2) is 6.41. The Morgan fingerprint density at radius 2 is 2.33 bits per heavy atom. The zero-order chi connectivity index (χ0) is 9.40. The van der Waals surface area contributed by atoms with Crippen LogP contribution in [0.3, 0.4) is 0 Å². The third-order valence-electron chi connectivity index (χ3n) is 1.19. The van der Waals surface area contributed by atoms with E-state index in [0.29, 0.717) is 25.9 Å². The number of primary amides is 1. The number of ether oxygens (including phenoxy) is 1. The quantitative estimate of drug-likeness (QED) is 0.270. The number of carbonyl (C=O) groups is 2. The molecule has 0 saturated carbocycles. The fraction of sp³-hybridized carbons (Fsp3) is 0.667. The van der Waals surface area contributed by atoms with Gasteiger partial charge in [-0.1, -0.05) is 0 Å². The summed E-state index contributed by atoms with van der Waals surface area (Å²) in [7, 11) is 0. The molecule has 0 saturated heterocycles. The van der Waals surface area contributed by atoms with E-state index in [1.54, 1.807) is 0 Å². The van der Waals surface area contributed by atoms with E-state index < -0.39 is 12.3 Å². The first-order valence-corrected chi connectivity index (χ1v) is 3.55. The summed E-state index contributed by atoms with van der Waals surface area (Å²) < 4.78 is 4.40. The topological polar surface area (TPSA) is 107 Å². The minimum atomic E-state index is -0.600. The van der Waals surface area contributed by atoms with Crippen LogP contribution in [0.25, 0.3) is 0 Å². The van der Waals surface area contributed by atoms with Crippen LogP contribution in [0, 0.1) is 0 Å². The van der Waals surface area contributed by atoms with Crippen LogP contribution < -0.4 is 16.8 Å². The van der Waals surface area contributed by atoms with Gasteiger partial charge in [0.05, 0.1) is 0 Å². The van der Waals surface area contributed by atoms with Crippen LogP contribution in [-0.2, 0) is 9.53 Å². The molecule has 0 spiro atoms. The first-order valence-electron chi connectivity index (χ1n) is 3.55. The normalized spacial score (nSPS) is 11.8. The van der Waals surface area contributed by atoms with Gasteiger partial charge in [0.1, 0.15) is 0 Å². The van der Waals surface area contributed by atoms with Crippen LogP contribution in [0.4, 0.5) is 4.79 Å². The van der Waals surface area contributed by atoms with E-state index in [2.05, 4.69) is 10.1 Å². The van der Waals surface area contributed by atoms with Gasteiger partial charge < -0.3 is 15.8 Å². The summed E-state index contributed by atoms with van der Waals surface area (Å²) in [6.45, 7) is 0.734. The number of hydrogen-bond acceptors (Lipinski definition) is 4. The summed E-state index contributed by atoms with van der Waals surface area (Å²) in [5.41, 5.74) is 10.1. The third kappa shape index (κ3) is 6.81. The van der Waals surface area contributed by atoms with Gasteiger partial charge in [-0.3, -0.25) is 10.5 Å². The smallest absolute Gasteiger partial charge is 0.312 e. The number of urea groups is 1. The highest BCUT2D eigenvalue weighted by Gasteiger charge is 2.00. The standard InChI is InChI=1S/C6H13N3O3/c7-5(12-4-10)2-1-3-9-6(8)11/h4-5H,1-3,7H2,(H3,8,9,11)/t5-/m1/s1. The van der Waals surface area contributed by atoms with Gasteiger partial charge in [0.25, 0.3) is 6.47 Å². The van der Waals surface area contributed by atoms with E-state index in [4.69, 9.17) is 11.5 Å². The molecular weight excluding hydrogens is 162 g/mol. The fourth-order valence-corrected chi connectivity index (χ4v) is 0.654. The van der Waals surface area contributed by atoms with Crippen molar-refractivity contribution in [2.75, 3.05) is 6.54 Å². The van der Waals surface area contributed by atoms with E-state index in [0.717, 1.165) is 0 Å². The lowest BCUT2D eigenvalue weighted by molar-refractivity contribution is -0.133. The Kier molecular flexibility index (Phi) is 5.72. The Labute approximate surface area is 70.2 Å². The van der Waals surface area contributed by atoms with Gasteiger partial charge in [-0.05, 0) is 12.8 Å². The van der Waals surface area contributed by atoms with Crippen molar-refractivity contribution >= 4 is 12.5 Å². The van der Waals surface area contributed by atoms with Crippen molar-refractivity contribution in [2.24, 2.45) is 11.5 Å². The Morgan fingerprint density at radius 3 is 2.83 bits per heavy atom. The van der Waals surface area contributed by atoms with Crippen LogP contribution in [0.1, 0.15) is 12.8 Å². The Bertz CT molecular complexity index is 151. The SMILES string of the molecule is NC(=O)NCCC[C@H](N)OC=O. The minimum Gasteiger partial charge on any atom is -0.449 e. The number of nitrogens with one attached hydrogen (secondary N) is 1. The second-order valence-corrected chi connectivity index (χ2v) is 2.20. The van der Waals surface area contributed by atoms with Gasteiger partial charge >= 0.3 is 6.03 Å². The monoisotopic (exact) mass is 175 g/mol. The van der Waals surface area contributed by atoms with E-state index in [9.17, 15) is 9.59 Å². The molecule has 1 atom stereocenters. The average molecular weight is 175 g/mol. The largest absolute Gasteiger partial charge is 0.449 e. The minimum absolute atomic E-state index is 0.298. The highest BCUT2D eigenvalue weighted by molar-refractivity contribution is 5.71. The molecule has 0 aromatic carbocycles. The molecule has 6 heteroatoms. The lowest BCUT2D eigenvalue weighted by Crippen LogP contribution is -2.31. The van der Waals surface area contributed by atoms with E-state index in [1.807, 2.05) is 0 Å². The maximum atomic E-state index is 10.2. The number of rotatable bonds is 6. The zero-order valence-corrected chi connectivity index (χ0v) is 6.66. The van der Waals surface area contributed by atoms with Crippen LogP contribution in [-0.4, -0.2) is 25.3 Å². The van der Waals surface area contributed by atoms with Gasteiger partial charge in [-0.25, -0.2) is 4.79 Å². The number of carbonyl (C=O) groups excluding carboxylic acids is 2. The van der Waals surface area contributed by atoms with Gasteiger partial charge in [0.15, 0.2) is 6.23 Å². The number of amides is 2. The molecule has 0 aliphatic carbocycles. The van der Waals surface area contributed by atoms with Gasteiger partial charge in [-0.15, -0.1) is 0 Å². The van der Waals surface area contributed by atoms with Crippen molar-refractivity contribution in [3.8, 4) is 0 Å². The van der Waals surface area contributed by atoms with Gasteiger partial charge in [0.2, 0.25) is 0 Å². The third-order valence-corrected chi connectivity index (χ3v) is 1.19. The molecule has 70 valence electrons. The molecule has 6 nitrogen and oxygen atoms in total. The summed E-state index contributed by atoms with van der Waals surface area (Å²) in [5, 5.41) is 2.38. The maximum absolute atomic E-state index is 10.2. The lowest BCUT2D eigenvalue weighted by atomic mass is 10.3. The maximum Gasteiger partial charge on any atom is 0.312 e. The van der Waals surface area contributed by atoms with Crippen molar-refractivity contribution < 1.29 is 14.3 Å². The summed E-state index contributed by atoms with van der Waals surface area (Å²) in [6.07, 6.45) is 0.522. The van der Waals surface area contributed by atoms with Crippen LogP contribution in [0.15, 0.2) is 0 Å². The van der Waals surface area contributed by atoms with Crippen molar-refractivity contribution in [3.05, 3.63) is 0 Å². The predicted octanol–water partition coefficient (Wildman–Crippen LogP) is -1.11. The van der Waals surface area contributed by atoms with E-state index >= 15 is 0 Å². The van der Waals surface area contributed by atoms with Crippen molar-refractivity contribution in [1.82, 2.24) is 5.32 Å². The van der Waals surface area contributed by atoms with Crippen LogP contribution >= 0.6 is 0 Å². The Balaban J connectivity index is 3.18. The molecule has 0 aliphatic heterocycles. The van der Waals surface area contributed by atoms with E-state index in [-0.39, 0.29) is 0 Å². The van der Waals surface area contributed by atoms with Crippen molar-refractivity contribution in [1.29, 1.82) is 0 Å². The average Bonchev–Trinajstić information content (AvgIpc) is 1.98. The molecule has 0 unspecified atom stereocenters. The van der Waals surface area contributed by atoms with Gasteiger partial charge in [0, 0.05) is 6.54 Å². The summed E-state index contributed by atoms with van der Waals surface area (Å²) in [4.78, 5) is 19.9. The number of nitrogens with two attached hydrogens (primary N) is 2. The number of hydrogen-bond donors (Lipinski definition) is 3. The van der Waals surface area contributed by atoms with Gasteiger partial charge in [-0.2, -0.15) is 0 Å². The second-order valence-electron chi connectivity index (χ2n) is 2.20. The highest BCUT2D eigenvalue weighted by Crippen LogP contribution is 1.92. The molecule has 0 aliphatic rings. The first-order chi connectivity index (χ1) is 5.66. The molecule has 0 radical (unpaired) electrons. The molecule has 5 N–H and O–H groups in total. The molecule has 12 heavy (non-hydrogen) atoms. The summed E-state index contributed by atoms with van der Waals surface area (Å²) in [6, 6.07) is -0.570. The Hall–Kier alpha value is -1.30. The molecule has 2 amide bonds. The summed E-state index contributed by atoms with van der Waals surface area (Å²) in [5.74, 6) is 0. The molecule has 0 heterocycles. The van der Waals surface area contributed by atoms with Crippen LogP contribution in [0.2, 0.25) is 0 Å². The Morgan fingerprint density at radius 1 is 1.67 bits per heavy atom. The first kappa shape index (κ1) is 10.7. The van der Waals surface area contributed by atoms with Crippen LogP contribution in [0.5, 0.6) is 0 Å². The molecule has 0 aromatic heterocycles. The highest BCUT2D eigenvalue weighted by atomic mass is 16.5. The predicted molar refractivity (Wildman–Crippen MR) is 41.9 cm³/mol. The lowest BCUT2D eigenvalue weighted by Gasteiger charge is -2.08. The van der Waals surface area contributed by atoms with E-state index in [1.165, 1.54) is 0 Å².